The minimum atomic E-state index is -0.602. The van der Waals surface area contributed by atoms with Gasteiger partial charge in [-0.3, -0.25) is 19.6 Å². The number of benzene rings is 1. The molecule has 0 saturated heterocycles. The van der Waals surface area contributed by atoms with Crippen molar-refractivity contribution < 1.29 is 14.3 Å². The lowest BCUT2D eigenvalue weighted by Crippen LogP contribution is -2.38. The van der Waals surface area contributed by atoms with Crippen LogP contribution in [0, 0.1) is 5.92 Å². The Morgan fingerprint density at radius 3 is 2.55 bits per heavy atom. The molecule has 0 bridgehead atoms. The number of hydrogen-bond donors (Lipinski definition) is 0. The summed E-state index contributed by atoms with van der Waals surface area (Å²) >= 11 is 0. The number of allylic oxidation sites excluding steroid dienone is 2. The molecule has 29 heavy (non-hydrogen) atoms. The third kappa shape index (κ3) is 3.65. The molecule has 1 aromatic carbocycles. The summed E-state index contributed by atoms with van der Waals surface area (Å²) in [5.74, 6) is -1.19. The number of aromatic nitrogens is 1. The molecule has 5 nitrogen and oxygen atoms in total. The van der Waals surface area contributed by atoms with Crippen LogP contribution in [0.15, 0.2) is 71.1 Å². The van der Waals surface area contributed by atoms with Gasteiger partial charge in [0.2, 0.25) is 0 Å². The van der Waals surface area contributed by atoms with Gasteiger partial charge in [-0.2, -0.15) is 0 Å². The van der Waals surface area contributed by atoms with Crippen LogP contribution in [0.4, 0.5) is 0 Å². The number of ether oxygens (including phenoxy) is 1. The number of pyridine rings is 1. The molecule has 4 rings (SSSR count). The number of Topliss-reactive ketones (excluding diaryl/α,β-unsaturated/α-hetero) is 1. The summed E-state index contributed by atoms with van der Waals surface area (Å²) in [7, 11) is 0. The third-order valence-corrected chi connectivity index (χ3v) is 5.74. The van der Waals surface area contributed by atoms with Crippen molar-refractivity contribution in [2.24, 2.45) is 10.9 Å². The molecular formula is C24H24N2O3. The Bertz CT molecular complexity index is 980. The van der Waals surface area contributed by atoms with Crippen LogP contribution in [0.1, 0.15) is 49.7 Å². The van der Waals surface area contributed by atoms with Crippen molar-refractivity contribution in [1.29, 1.82) is 0 Å². The van der Waals surface area contributed by atoms with Crippen molar-refractivity contribution in [3.05, 3.63) is 77.3 Å². The molecule has 1 aromatic heterocycles. The predicted molar refractivity (Wildman–Crippen MR) is 111 cm³/mol. The second kappa shape index (κ2) is 8.11. The van der Waals surface area contributed by atoms with E-state index in [1.54, 1.807) is 19.3 Å². The number of rotatable bonds is 4. The fourth-order valence-electron chi connectivity index (χ4n) is 4.48. The van der Waals surface area contributed by atoms with E-state index in [0.717, 1.165) is 16.8 Å². The highest BCUT2D eigenvalue weighted by Gasteiger charge is 2.44. The lowest BCUT2D eigenvalue weighted by atomic mass is 9.69. The summed E-state index contributed by atoms with van der Waals surface area (Å²) < 4.78 is 5.33. The van der Waals surface area contributed by atoms with Crippen LogP contribution in [-0.2, 0) is 14.3 Å². The molecule has 0 radical (unpaired) electrons. The highest BCUT2D eigenvalue weighted by atomic mass is 16.5. The van der Waals surface area contributed by atoms with E-state index >= 15 is 0 Å². The molecule has 0 N–H and O–H groups in total. The summed E-state index contributed by atoms with van der Waals surface area (Å²) in [5, 5.41) is 0. The molecule has 148 valence electrons. The molecule has 3 atom stereocenters. The molecule has 1 aliphatic heterocycles. The van der Waals surface area contributed by atoms with E-state index in [9.17, 15) is 9.59 Å². The molecule has 5 heteroatoms. The maximum absolute atomic E-state index is 13.3. The standard InChI is InChI=1S/C24H24N2O3/c1-3-29-24(28)21-15(2)26-19-12-18(16-8-5-4-6-9-16)13-20(27)23(19)22(21)17-10-7-11-25-14-17/h4-11,14,18,21-22H,3,12-13H2,1-2H3/t18-,21?,22+/m0/s1. The van der Waals surface area contributed by atoms with Crippen molar-refractivity contribution in [2.45, 2.75) is 38.5 Å². The molecule has 0 fully saturated rings. The van der Waals surface area contributed by atoms with E-state index in [-0.39, 0.29) is 24.3 Å². The molecule has 2 heterocycles. The van der Waals surface area contributed by atoms with Gasteiger partial charge in [0.05, 0.1) is 6.61 Å². The predicted octanol–water partition coefficient (Wildman–Crippen LogP) is 4.22. The highest BCUT2D eigenvalue weighted by molar-refractivity contribution is 6.09. The Labute approximate surface area is 170 Å². The summed E-state index contributed by atoms with van der Waals surface area (Å²) in [4.78, 5) is 35.1. The number of ketones is 1. The zero-order chi connectivity index (χ0) is 20.4. The summed E-state index contributed by atoms with van der Waals surface area (Å²) in [6.07, 6.45) is 4.53. The first kappa shape index (κ1) is 19.2. The normalized spacial score (nSPS) is 24.0. The van der Waals surface area contributed by atoms with E-state index in [4.69, 9.17) is 9.73 Å². The topological polar surface area (TPSA) is 68.6 Å². The summed E-state index contributed by atoms with van der Waals surface area (Å²) in [6.45, 7) is 3.93. The van der Waals surface area contributed by atoms with Gasteiger partial charge in [-0.25, -0.2) is 0 Å². The van der Waals surface area contributed by atoms with Crippen LogP contribution in [0.3, 0.4) is 0 Å². The average molecular weight is 388 g/mol. The minimum Gasteiger partial charge on any atom is -0.465 e. The first-order chi connectivity index (χ1) is 14.1. The number of carbonyl (C=O) groups excluding carboxylic acids is 2. The quantitative estimate of drug-likeness (QED) is 0.736. The molecule has 0 amide bonds. The van der Waals surface area contributed by atoms with Crippen LogP contribution >= 0.6 is 0 Å². The fourth-order valence-corrected chi connectivity index (χ4v) is 4.48. The Hall–Kier alpha value is -3.08. The van der Waals surface area contributed by atoms with Gasteiger partial charge in [-0.1, -0.05) is 36.4 Å². The van der Waals surface area contributed by atoms with Gasteiger partial charge in [0.25, 0.3) is 0 Å². The lowest BCUT2D eigenvalue weighted by Gasteiger charge is -2.36. The van der Waals surface area contributed by atoms with E-state index in [1.807, 2.05) is 37.3 Å². The second-order valence-electron chi connectivity index (χ2n) is 7.55. The van der Waals surface area contributed by atoms with Gasteiger partial charge in [-0.15, -0.1) is 0 Å². The smallest absolute Gasteiger partial charge is 0.315 e. The largest absolute Gasteiger partial charge is 0.465 e. The van der Waals surface area contributed by atoms with Crippen molar-refractivity contribution in [1.82, 2.24) is 4.98 Å². The highest BCUT2D eigenvalue weighted by Crippen LogP contribution is 2.46. The van der Waals surface area contributed by atoms with E-state index in [2.05, 4.69) is 17.1 Å². The monoisotopic (exact) mass is 388 g/mol. The summed E-state index contributed by atoms with van der Waals surface area (Å²) in [5.41, 5.74) is 4.12. The number of aliphatic imine (C=N–C) groups is 1. The SMILES string of the molecule is CCOC(=O)C1C(C)=NC2=C(C(=O)C[C@@H](c3ccccc3)C2)[C@@H]1c1cccnc1. The number of nitrogens with zero attached hydrogens (tertiary/aromatic N) is 2. The maximum atomic E-state index is 13.3. The van der Waals surface area contributed by atoms with Gasteiger partial charge < -0.3 is 4.74 Å². The Kier molecular flexibility index (Phi) is 5.38. The Morgan fingerprint density at radius 1 is 1.10 bits per heavy atom. The van der Waals surface area contributed by atoms with Crippen molar-refractivity contribution in [3.8, 4) is 0 Å². The van der Waals surface area contributed by atoms with Gasteiger partial charge in [-0.05, 0) is 43.4 Å². The van der Waals surface area contributed by atoms with E-state index in [1.165, 1.54) is 0 Å². The first-order valence-corrected chi connectivity index (χ1v) is 10.0. The first-order valence-electron chi connectivity index (χ1n) is 10.0. The second-order valence-corrected chi connectivity index (χ2v) is 7.55. The van der Waals surface area contributed by atoms with Crippen LogP contribution < -0.4 is 0 Å². The molecule has 0 saturated carbocycles. The third-order valence-electron chi connectivity index (χ3n) is 5.74. The molecule has 1 unspecified atom stereocenters. The van der Waals surface area contributed by atoms with Crippen LogP contribution in [0.2, 0.25) is 0 Å². The molecular weight excluding hydrogens is 364 g/mol. The number of esters is 1. The number of carbonyl (C=O) groups is 2. The van der Waals surface area contributed by atoms with Crippen LogP contribution in [0.5, 0.6) is 0 Å². The van der Waals surface area contributed by atoms with Crippen molar-refractivity contribution in [3.63, 3.8) is 0 Å². The van der Waals surface area contributed by atoms with Crippen molar-refractivity contribution >= 4 is 17.5 Å². The van der Waals surface area contributed by atoms with Gasteiger partial charge >= 0.3 is 5.97 Å². The molecule has 2 aliphatic rings. The lowest BCUT2D eigenvalue weighted by molar-refractivity contribution is -0.146. The Morgan fingerprint density at radius 2 is 1.86 bits per heavy atom. The molecule has 2 aromatic rings. The van der Waals surface area contributed by atoms with Gasteiger partial charge in [0.15, 0.2) is 5.78 Å². The van der Waals surface area contributed by atoms with Crippen LogP contribution in [-0.4, -0.2) is 29.1 Å². The van der Waals surface area contributed by atoms with Gasteiger partial charge in [0, 0.05) is 41.7 Å². The summed E-state index contributed by atoms with van der Waals surface area (Å²) in [6, 6.07) is 13.8. The Balaban J connectivity index is 1.79. The van der Waals surface area contributed by atoms with Crippen molar-refractivity contribution in [2.75, 3.05) is 6.61 Å². The zero-order valence-electron chi connectivity index (χ0n) is 16.7. The van der Waals surface area contributed by atoms with Crippen LogP contribution in [0.25, 0.3) is 0 Å². The maximum Gasteiger partial charge on any atom is 0.315 e. The zero-order valence-corrected chi connectivity index (χ0v) is 16.7. The van der Waals surface area contributed by atoms with Gasteiger partial charge in [0.1, 0.15) is 5.92 Å². The van der Waals surface area contributed by atoms with E-state index in [0.29, 0.717) is 24.1 Å². The fraction of sp³-hybridized carbons (Fsp3) is 0.333. The molecule has 1 aliphatic carbocycles. The molecule has 0 spiro atoms. The average Bonchev–Trinajstić information content (AvgIpc) is 2.74. The van der Waals surface area contributed by atoms with E-state index < -0.39 is 11.8 Å². The number of hydrogen-bond acceptors (Lipinski definition) is 5. The minimum absolute atomic E-state index is 0.0551.